The van der Waals surface area contributed by atoms with E-state index in [-0.39, 0.29) is 30.0 Å². The van der Waals surface area contributed by atoms with Crippen molar-refractivity contribution in [2.75, 3.05) is 6.61 Å². The van der Waals surface area contributed by atoms with E-state index in [4.69, 9.17) is 10.5 Å². The zero-order valence-electron chi connectivity index (χ0n) is 11.9. The molecule has 110 valence electrons. The highest BCUT2D eigenvalue weighted by molar-refractivity contribution is 14.0. The molecule has 5 heteroatoms. The number of hydrogen-bond donors (Lipinski definition) is 2. The Kier molecular flexibility index (Phi) is 4.46. The number of nitrogens with two attached hydrogens (primary N) is 1. The normalized spacial score (nSPS) is 26.8. The topological polar surface area (TPSA) is 59.6 Å². The molecule has 3 rings (SSSR count). The predicted molar refractivity (Wildman–Crippen MR) is 91.7 cm³/mol. The molecule has 2 unspecified atom stereocenters. The molecule has 2 atom stereocenters. The average Bonchev–Trinajstić information content (AvgIpc) is 2.96. The molecule has 0 saturated heterocycles. The van der Waals surface area contributed by atoms with Gasteiger partial charge in [-0.05, 0) is 17.9 Å². The van der Waals surface area contributed by atoms with Gasteiger partial charge in [0.25, 0.3) is 0 Å². The summed E-state index contributed by atoms with van der Waals surface area (Å²) < 4.78 is 5.63. The maximum atomic E-state index is 6.02. The van der Waals surface area contributed by atoms with Crippen molar-refractivity contribution in [1.29, 1.82) is 0 Å². The summed E-state index contributed by atoms with van der Waals surface area (Å²) in [5, 5.41) is 3.31. The number of aliphatic imine (C=N–C) groups is 1. The van der Waals surface area contributed by atoms with Crippen molar-refractivity contribution in [2.45, 2.75) is 38.8 Å². The zero-order valence-corrected chi connectivity index (χ0v) is 14.3. The number of ether oxygens (including phenoxy) is 1. The molecule has 0 spiro atoms. The molecule has 20 heavy (non-hydrogen) atoms. The van der Waals surface area contributed by atoms with E-state index in [1.54, 1.807) is 0 Å². The van der Waals surface area contributed by atoms with Crippen LogP contribution in [0.2, 0.25) is 0 Å². The number of nitrogens with one attached hydrogen (secondary N) is 1. The van der Waals surface area contributed by atoms with E-state index in [1.165, 1.54) is 0 Å². The zero-order chi connectivity index (χ0) is 13.5. The molecule has 0 amide bonds. The number of hydrogen-bond acceptors (Lipinski definition) is 2. The van der Waals surface area contributed by atoms with Crippen molar-refractivity contribution in [1.82, 2.24) is 5.32 Å². The third kappa shape index (κ3) is 3.19. The number of nitrogens with zero attached hydrogens (tertiary/aromatic N) is 1. The molecule has 4 nitrogen and oxygen atoms in total. The van der Waals surface area contributed by atoms with Crippen molar-refractivity contribution in [3.05, 3.63) is 29.8 Å². The summed E-state index contributed by atoms with van der Waals surface area (Å²) in [6.07, 6.45) is 2.04. The predicted octanol–water partition coefficient (Wildman–Crippen LogP) is 2.83. The van der Waals surface area contributed by atoms with Gasteiger partial charge in [0.05, 0.1) is 12.6 Å². The SMILES string of the molecule is CC1(C)CC1NC(N)=NC1CCOc2ccccc21.I. The molecule has 0 radical (unpaired) electrons. The second-order valence-electron chi connectivity index (χ2n) is 6.09. The lowest BCUT2D eigenvalue weighted by Crippen LogP contribution is -2.36. The number of benzene rings is 1. The monoisotopic (exact) mass is 387 g/mol. The summed E-state index contributed by atoms with van der Waals surface area (Å²) in [4.78, 5) is 4.63. The van der Waals surface area contributed by atoms with E-state index in [2.05, 4.69) is 30.2 Å². The third-order valence-corrected chi connectivity index (χ3v) is 4.06. The van der Waals surface area contributed by atoms with Gasteiger partial charge in [-0.3, -0.25) is 0 Å². The molecule has 1 saturated carbocycles. The van der Waals surface area contributed by atoms with Gasteiger partial charge >= 0.3 is 0 Å². The van der Waals surface area contributed by atoms with Crippen molar-refractivity contribution in [3.8, 4) is 5.75 Å². The summed E-state index contributed by atoms with van der Waals surface area (Å²) in [5.41, 5.74) is 7.51. The second-order valence-corrected chi connectivity index (χ2v) is 6.09. The molecule has 0 aromatic heterocycles. The molecule has 2 aliphatic rings. The molecule has 0 bridgehead atoms. The fourth-order valence-electron chi connectivity index (χ4n) is 2.55. The lowest BCUT2D eigenvalue weighted by atomic mass is 10.0. The molecule has 1 heterocycles. The van der Waals surface area contributed by atoms with Gasteiger partial charge < -0.3 is 15.8 Å². The first-order valence-electron chi connectivity index (χ1n) is 6.88. The molecule has 1 aliphatic carbocycles. The van der Waals surface area contributed by atoms with Crippen LogP contribution in [0.1, 0.15) is 38.3 Å². The minimum atomic E-state index is 0. The lowest BCUT2D eigenvalue weighted by Gasteiger charge is -2.23. The number of halogens is 1. The Morgan fingerprint density at radius 1 is 1.40 bits per heavy atom. The standard InChI is InChI=1S/C15H21N3O.HI/c1-15(2)9-13(15)18-14(16)17-11-7-8-19-12-6-4-3-5-10(11)12;/h3-6,11,13H,7-9H2,1-2H3,(H3,16,17,18);1H. The highest BCUT2D eigenvalue weighted by atomic mass is 127. The summed E-state index contributed by atoms with van der Waals surface area (Å²) in [6.45, 7) is 5.18. The minimum absolute atomic E-state index is 0. The molecule has 1 aromatic carbocycles. The van der Waals surface area contributed by atoms with Crippen LogP contribution in [-0.4, -0.2) is 18.6 Å². The van der Waals surface area contributed by atoms with Crippen LogP contribution in [0, 0.1) is 5.41 Å². The lowest BCUT2D eigenvalue weighted by molar-refractivity contribution is 0.269. The highest BCUT2D eigenvalue weighted by Crippen LogP contribution is 2.44. The Balaban J connectivity index is 0.00000147. The fraction of sp³-hybridized carbons (Fsp3) is 0.533. The van der Waals surface area contributed by atoms with E-state index in [1.807, 2.05) is 18.2 Å². The van der Waals surface area contributed by atoms with Crippen LogP contribution in [0.25, 0.3) is 0 Å². The summed E-state index contributed by atoms with van der Waals surface area (Å²) in [5.74, 6) is 1.49. The quantitative estimate of drug-likeness (QED) is 0.466. The molecule has 3 N–H and O–H groups in total. The minimum Gasteiger partial charge on any atom is -0.493 e. The maximum Gasteiger partial charge on any atom is 0.189 e. The molecule has 1 aromatic rings. The van der Waals surface area contributed by atoms with Gasteiger partial charge in [0.2, 0.25) is 0 Å². The molecular formula is C15H22IN3O. The molecular weight excluding hydrogens is 365 g/mol. The van der Waals surface area contributed by atoms with Crippen LogP contribution in [0.4, 0.5) is 0 Å². The first kappa shape index (κ1) is 15.4. The van der Waals surface area contributed by atoms with Gasteiger partial charge in [0.1, 0.15) is 5.75 Å². The number of para-hydroxylation sites is 1. The van der Waals surface area contributed by atoms with Gasteiger partial charge in [0.15, 0.2) is 5.96 Å². The molecule has 1 aliphatic heterocycles. The largest absolute Gasteiger partial charge is 0.493 e. The van der Waals surface area contributed by atoms with Crippen molar-refractivity contribution < 1.29 is 4.74 Å². The van der Waals surface area contributed by atoms with Gasteiger partial charge in [-0.25, -0.2) is 4.99 Å². The van der Waals surface area contributed by atoms with Crippen molar-refractivity contribution >= 4 is 29.9 Å². The van der Waals surface area contributed by atoms with Gasteiger partial charge in [-0.2, -0.15) is 0 Å². The van der Waals surface area contributed by atoms with E-state index < -0.39 is 0 Å². The maximum absolute atomic E-state index is 6.02. The average molecular weight is 387 g/mol. The molecule has 1 fully saturated rings. The Morgan fingerprint density at radius 2 is 2.10 bits per heavy atom. The number of fused-ring (bicyclic) bond motifs is 1. The van der Waals surface area contributed by atoms with Crippen LogP contribution in [0.15, 0.2) is 29.3 Å². The van der Waals surface area contributed by atoms with Crippen molar-refractivity contribution in [3.63, 3.8) is 0 Å². The Morgan fingerprint density at radius 3 is 2.80 bits per heavy atom. The first-order chi connectivity index (χ1) is 9.06. The van der Waals surface area contributed by atoms with E-state index in [0.29, 0.717) is 24.0 Å². The third-order valence-electron chi connectivity index (χ3n) is 4.06. The van der Waals surface area contributed by atoms with Crippen LogP contribution >= 0.6 is 24.0 Å². The smallest absolute Gasteiger partial charge is 0.189 e. The first-order valence-corrected chi connectivity index (χ1v) is 6.88. The van der Waals surface area contributed by atoms with Gasteiger partial charge in [0, 0.05) is 18.0 Å². The van der Waals surface area contributed by atoms with Crippen molar-refractivity contribution in [2.24, 2.45) is 16.1 Å². The van der Waals surface area contributed by atoms with Crippen LogP contribution in [0.3, 0.4) is 0 Å². The van der Waals surface area contributed by atoms with Gasteiger partial charge in [-0.1, -0.05) is 32.0 Å². The van der Waals surface area contributed by atoms with Gasteiger partial charge in [-0.15, -0.1) is 24.0 Å². The summed E-state index contributed by atoms with van der Waals surface area (Å²) in [7, 11) is 0. The highest BCUT2D eigenvalue weighted by Gasteiger charge is 2.46. The fourth-order valence-corrected chi connectivity index (χ4v) is 2.55. The van der Waals surface area contributed by atoms with E-state index >= 15 is 0 Å². The number of rotatable bonds is 2. The second kappa shape index (κ2) is 5.79. The van der Waals surface area contributed by atoms with Crippen LogP contribution in [0.5, 0.6) is 5.75 Å². The van der Waals surface area contributed by atoms with E-state index in [0.717, 1.165) is 24.2 Å². The Bertz CT molecular complexity index is 516. The van der Waals surface area contributed by atoms with Crippen LogP contribution < -0.4 is 15.8 Å². The number of guanidine groups is 1. The summed E-state index contributed by atoms with van der Waals surface area (Å²) >= 11 is 0. The van der Waals surface area contributed by atoms with Crippen LogP contribution in [-0.2, 0) is 0 Å². The summed E-state index contributed by atoms with van der Waals surface area (Å²) in [6, 6.07) is 8.63. The Hall–Kier alpha value is -0.980. The van der Waals surface area contributed by atoms with E-state index in [9.17, 15) is 0 Å². The Labute approximate surface area is 137 Å².